The number of hydrogen-bond acceptors (Lipinski definition) is 1. The molecule has 0 bridgehead atoms. The second-order valence-electron chi connectivity index (χ2n) is 0.700. The lowest BCUT2D eigenvalue weighted by atomic mass is 10.9. The van der Waals surface area contributed by atoms with Crippen molar-refractivity contribution in [1.29, 1.82) is 0 Å². The van der Waals surface area contributed by atoms with Gasteiger partial charge in [0, 0.05) is 0 Å². The molecular formula is C3H6ClF3O. The van der Waals surface area contributed by atoms with Crippen molar-refractivity contribution < 1.29 is 18.2 Å². The third kappa shape index (κ3) is 36.9. The third-order valence-corrected chi connectivity index (χ3v) is 0.350. The van der Waals surface area contributed by atoms with Gasteiger partial charge in [-0.25, -0.2) is 8.78 Å². The molecule has 0 aromatic carbocycles. The molecule has 0 spiro atoms. The van der Waals surface area contributed by atoms with E-state index in [-0.39, 0.29) is 0 Å². The monoisotopic (exact) mass is 150 g/mol. The van der Waals surface area contributed by atoms with E-state index in [4.69, 9.17) is 0 Å². The van der Waals surface area contributed by atoms with Crippen LogP contribution in [0.4, 0.5) is 13.3 Å². The molecule has 5 heteroatoms. The summed E-state index contributed by atoms with van der Waals surface area (Å²) in [6, 6.07) is 0. The first-order valence-corrected chi connectivity index (χ1v) is 2.21. The van der Waals surface area contributed by atoms with Gasteiger partial charge in [0.1, 0.15) is 0 Å². The van der Waals surface area contributed by atoms with Crippen LogP contribution >= 0.6 is 11.6 Å². The minimum atomic E-state index is -2.35. The van der Waals surface area contributed by atoms with Crippen LogP contribution in [0.3, 0.4) is 0 Å². The average Bonchev–Trinajstić information content (AvgIpc) is 1.69. The molecule has 1 nitrogen and oxygen atoms in total. The Morgan fingerprint density at radius 1 is 1.62 bits per heavy atom. The van der Waals surface area contributed by atoms with E-state index in [1.54, 1.807) is 0 Å². The summed E-state index contributed by atoms with van der Waals surface area (Å²) in [6.07, 6.45) is -2.35. The van der Waals surface area contributed by atoms with Crippen molar-refractivity contribution in [2.75, 3.05) is 13.0 Å². The van der Waals surface area contributed by atoms with Crippen molar-refractivity contribution in [2.24, 2.45) is 0 Å². The van der Waals surface area contributed by atoms with Gasteiger partial charge in [-0.15, -0.1) is 11.6 Å². The van der Waals surface area contributed by atoms with Gasteiger partial charge >= 0.3 is 0 Å². The van der Waals surface area contributed by atoms with Crippen molar-refractivity contribution in [3.63, 3.8) is 0 Å². The van der Waals surface area contributed by atoms with Crippen molar-refractivity contribution >= 4 is 11.6 Å². The molecule has 0 aliphatic rings. The van der Waals surface area contributed by atoms with E-state index in [1.807, 2.05) is 0 Å². The predicted octanol–water partition coefficient (Wildman–Crippen LogP) is 2.01. The van der Waals surface area contributed by atoms with Crippen LogP contribution < -0.4 is 0 Å². The second-order valence-corrected chi connectivity index (χ2v) is 1.01. The molecule has 0 aliphatic heterocycles. The molecule has 0 N–H and O–H groups in total. The van der Waals surface area contributed by atoms with Crippen LogP contribution in [0.25, 0.3) is 0 Å². The Bertz CT molecular complexity index is 35.7. The number of halogens is 4. The van der Waals surface area contributed by atoms with Crippen LogP contribution in [-0.4, -0.2) is 19.4 Å². The van der Waals surface area contributed by atoms with E-state index in [0.29, 0.717) is 0 Å². The lowest BCUT2D eigenvalue weighted by Crippen LogP contribution is -1.87. The van der Waals surface area contributed by atoms with Crippen LogP contribution in [0.2, 0.25) is 0 Å². The summed E-state index contributed by atoms with van der Waals surface area (Å²) in [5.74, 6) is -0.556. The summed E-state index contributed by atoms with van der Waals surface area (Å²) in [4.78, 5) is 2.75. The first kappa shape index (κ1) is 10.9. The fraction of sp³-hybridized carbons (Fsp3) is 1.00. The Labute approximate surface area is 50.3 Å². The summed E-state index contributed by atoms with van der Waals surface area (Å²) >= 11 is 4.59. The predicted molar refractivity (Wildman–Crippen MR) is 24.8 cm³/mol. The quantitative estimate of drug-likeness (QED) is 0.520. The van der Waals surface area contributed by atoms with Gasteiger partial charge in [0.25, 0.3) is 6.43 Å². The van der Waals surface area contributed by atoms with E-state index >= 15 is 0 Å². The Hall–Kier alpha value is 0.0400. The summed E-state index contributed by atoms with van der Waals surface area (Å²) in [6.45, 7) is 0. The van der Waals surface area contributed by atoms with Crippen LogP contribution in [-0.2, 0) is 4.94 Å². The molecule has 0 amide bonds. The lowest BCUT2D eigenvalue weighted by molar-refractivity contribution is -0.0960. The van der Waals surface area contributed by atoms with E-state index in [9.17, 15) is 13.3 Å². The summed E-state index contributed by atoms with van der Waals surface area (Å²) in [5, 5.41) is 0. The minimum absolute atomic E-state index is 0.556. The average molecular weight is 151 g/mol. The van der Waals surface area contributed by atoms with Crippen molar-refractivity contribution in [2.45, 2.75) is 6.43 Å². The second kappa shape index (κ2) is 10.1. The van der Waals surface area contributed by atoms with Gasteiger partial charge in [-0.05, 0) is 4.53 Å². The lowest BCUT2D eigenvalue weighted by Gasteiger charge is -1.79. The highest BCUT2D eigenvalue weighted by Crippen LogP contribution is 1.91. The smallest absolute Gasteiger partial charge is 0.209 e. The fourth-order valence-corrected chi connectivity index (χ4v) is 0. The largest absolute Gasteiger partial charge is 0.251 e. The van der Waals surface area contributed by atoms with Crippen LogP contribution in [0, 0.1) is 0 Å². The first-order chi connectivity index (χ1) is 3.68. The Morgan fingerprint density at radius 2 is 1.75 bits per heavy atom. The molecule has 0 radical (unpaired) electrons. The standard InChI is InChI=1S/C2H3ClF2.CH3FO/c3-1-2(4)5;1-3-2/h2H,1H2;1H3. The van der Waals surface area contributed by atoms with Gasteiger partial charge in [0.05, 0.1) is 13.0 Å². The number of hydrogen-bond donors (Lipinski definition) is 0. The molecule has 0 fully saturated rings. The van der Waals surface area contributed by atoms with Crippen LogP contribution in [0.15, 0.2) is 0 Å². The van der Waals surface area contributed by atoms with E-state index < -0.39 is 12.3 Å². The summed E-state index contributed by atoms with van der Waals surface area (Å²) in [5.41, 5.74) is 0. The highest BCUT2D eigenvalue weighted by atomic mass is 35.5. The van der Waals surface area contributed by atoms with Crippen molar-refractivity contribution in [3.8, 4) is 0 Å². The molecule has 0 rings (SSSR count). The molecule has 0 saturated carbocycles. The Morgan fingerprint density at radius 3 is 1.75 bits per heavy atom. The zero-order valence-electron chi connectivity index (χ0n) is 4.20. The maximum Gasteiger partial charge on any atom is 0.251 e. The zero-order chi connectivity index (χ0) is 6.99. The first-order valence-electron chi connectivity index (χ1n) is 1.67. The molecular weight excluding hydrogens is 144 g/mol. The minimum Gasteiger partial charge on any atom is -0.209 e. The van der Waals surface area contributed by atoms with Gasteiger partial charge in [-0.2, -0.15) is 4.94 Å². The molecule has 0 atom stereocenters. The number of rotatable bonds is 1. The molecule has 0 aromatic rings. The normalized spacial score (nSPS) is 8.25. The van der Waals surface area contributed by atoms with Gasteiger partial charge in [-0.1, -0.05) is 0 Å². The maximum atomic E-state index is 10.6. The molecule has 8 heavy (non-hydrogen) atoms. The fourth-order valence-electron chi connectivity index (χ4n) is 0. The molecule has 0 saturated heterocycles. The summed E-state index contributed by atoms with van der Waals surface area (Å²) < 4.78 is 31.1. The Balaban J connectivity index is 0. The maximum absolute atomic E-state index is 10.6. The highest BCUT2D eigenvalue weighted by molar-refractivity contribution is 6.18. The van der Waals surface area contributed by atoms with E-state index in [0.717, 1.165) is 7.11 Å². The van der Waals surface area contributed by atoms with Gasteiger partial charge in [0.2, 0.25) is 0 Å². The van der Waals surface area contributed by atoms with Crippen LogP contribution in [0.5, 0.6) is 0 Å². The molecule has 0 unspecified atom stereocenters. The molecule has 0 aliphatic carbocycles. The third-order valence-electron chi connectivity index (χ3n) is 0.117. The van der Waals surface area contributed by atoms with Crippen molar-refractivity contribution in [1.82, 2.24) is 0 Å². The molecule has 0 aromatic heterocycles. The van der Waals surface area contributed by atoms with Gasteiger partial charge in [-0.3, -0.25) is 0 Å². The highest BCUT2D eigenvalue weighted by Gasteiger charge is 1.93. The van der Waals surface area contributed by atoms with E-state index in [2.05, 4.69) is 16.5 Å². The zero-order valence-corrected chi connectivity index (χ0v) is 4.96. The van der Waals surface area contributed by atoms with Crippen molar-refractivity contribution in [3.05, 3.63) is 0 Å². The van der Waals surface area contributed by atoms with Gasteiger partial charge < -0.3 is 0 Å². The number of alkyl halides is 3. The summed E-state index contributed by atoms with van der Waals surface area (Å²) in [7, 11) is 0.958. The molecule has 0 heterocycles. The van der Waals surface area contributed by atoms with Crippen LogP contribution in [0.1, 0.15) is 0 Å². The topological polar surface area (TPSA) is 9.23 Å². The van der Waals surface area contributed by atoms with E-state index in [1.165, 1.54) is 0 Å². The van der Waals surface area contributed by atoms with Gasteiger partial charge in [0.15, 0.2) is 0 Å². The SMILES string of the molecule is COF.FC(F)CCl. The Kier molecular flexibility index (Phi) is 13.8. The molecule has 52 valence electrons.